The summed E-state index contributed by atoms with van der Waals surface area (Å²) < 4.78 is 5.87. The summed E-state index contributed by atoms with van der Waals surface area (Å²) in [4.78, 5) is 0. The molecule has 1 N–H and O–H groups in total. The number of H-pyrrole nitrogens is 1. The number of hydrogen-bond donors (Lipinski definition) is 0. The van der Waals surface area contributed by atoms with Gasteiger partial charge in [-0.25, -0.2) is 4.52 Å². The van der Waals surface area contributed by atoms with Crippen LogP contribution in [0.1, 0.15) is 0 Å². The lowest BCUT2D eigenvalue weighted by atomic mass is 9.96. The van der Waals surface area contributed by atoms with Gasteiger partial charge in [-0.15, -0.1) is 0 Å². The highest BCUT2D eigenvalue weighted by atomic mass is 79.9. The van der Waals surface area contributed by atoms with Gasteiger partial charge in [0.1, 0.15) is 5.56 Å². The molecule has 0 saturated carbocycles. The third kappa shape index (κ3) is 3.03. The van der Waals surface area contributed by atoms with Crippen molar-refractivity contribution in [2.45, 2.75) is 0 Å². The second kappa shape index (κ2) is 7.28. The van der Waals surface area contributed by atoms with E-state index in [4.69, 9.17) is 4.52 Å². The Balaban J connectivity index is 0.00000169. The molecule has 3 heteroatoms. The molecule has 3 aromatic carbocycles. The molecule has 0 amide bonds. The molecule has 4 aromatic rings. The Morgan fingerprint density at radius 2 is 1.00 bits per heavy atom. The van der Waals surface area contributed by atoms with Gasteiger partial charge in [0, 0.05) is 5.56 Å². The number of aromatic nitrogens is 1. The van der Waals surface area contributed by atoms with Crippen molar-refractivity contribution in [1.82, 2.24) is 0 Å². The SMILES string of the molecule is [Br-].c1ccc(-c2[nH+]oc(-c3ccccc3)c2-c2ccccc2)cc1. The Bertz CT molecular complexity index is 846. The first-order valence-corrected chi connectivity index (χ1v) is 7.64. The van der Waals surface area contributed by atoms with E-state index in [0.717, 1.165) is 33.7 Å². The fraction of sp³-hybridized carbons (Fsp3) is 0. The second-order valence-corrected chi connectivity index (χ2v) is 5.38. The zero-order valence-corrected chi connectivity index (χ0v) is 14.5. The molecule has 24 heavy (non-hydrogen) atoms. The van der Waals surface area contributed by atoms with Crippen molar-refractivity contribution in [3.8, 4) is 33.7 Å². The molecule has 0 fully saturated rings. The largest absolute Gasteiger partial charge is 1.00 e. The summed E-state index contributed by atoms with van der Waals surface area (Å²) in [5, 5.41) is 3.11. The first-order chi connectivity index (χ1) is 11.4. The van der Waals surface area contributed by atoms with E-state index in [1.54, 1.807) is 0 Å². The minimum absolute atomic E-state index is 0. The van der Waals surface area contributed by atoms with Gasteiger partial charge < -0.3 is 17.0 Å². The molecule has 1 aromatic heterocycles. The minimum atomic E-state index is 0. The number of rotatable bonds is 3. The highest BCUT2D eigenvalue weighted by Gasteiger charge is 2.25. The molecule has 0 aliphatic carbocycles. The number of aromatic amines is 1. The third-order valence-corrected chi connectivity index (χ3v) is 3.89. The van der Waals surface area contributed by atoms with Crippen molar-refractivity contribution in [3.05, 3.63) is 91.0 Å². The summed E-state index contributed by atoms with van der Waals surface area (Å²) >= 11 is 0. The van der Waals surface area contributed by atoms with Gasteiger partial charge in [-0.2, -0.15) is 0 Å². The van der Waals surface area contributed by atoms with E-state index < -0.39 is 0 Å². The van der Waals surface area contributed by atoms with Gasteiger partial charge in [-0.3, -0.25) is 0 Å². The number of hydrogen-bond acceptors (Lipinski definition) is 1. The fourth-order valence-corrected chi connectivity index (χ4v) is 2.80. The fourth-order valence-electron chi connectivity index (χ4n) is 2.80. The monoisotopic (exact) mass is 377 g/mol. The van der Waals surface area contributed by atoms with Crippen LogP contribution in [0.5, 0.6) is 0 Å². The summed E-state index contributed by atoms with van der Waals surface area (Å²) in [6, 6.07) is 30.8. The molecule has 0 bridgehead atoms. The number of nitrogens with one attached hydrogen (secondary N) is 1. The molecule has 1 heterocycles. The van der Waals surface area contributed by atoms with E-state index in [1.165, 1.54) is 0 Å². The molecule has 0 saturated heterocycles. The van der Waals surface area contributed by atoms with Gasteiger partial charge in [-0.1, -0.05) is 78.9 Å². The van der Waals surface area contributed by atoms with Crippen molar-refractivity contribution in [1.29, 1.82) is 0 Å². The van der Waals surface area contributed by atoms with Gasteiger partial charge in [0.15, 0.2) is 0 Å². The van der Waals surface area contributed by atoms with E-state index in [0.29, 0.717) is 0 Å². The number of benzene rings is 3. The van der Waals surface area contributed by atoms with Crippen LogP contribution in [-0.4, -0.2) is 0 Å². The summed E-state index contributed by atoms with van der Waals surface area (Å²) in [6.07, 6.45) is 0. The van der Waals surface area contributed by atoms with Crippen molar-refractivity contribution in [2.75, 3.05) is 0 Å². The van der Waals surface area contributed by atoms with Crippen LogP contribution in [0.15, 0.2) is 95.5 Å². The van der Waals surface area contributed by atoms with Crippen molar-refractivity contribution >= 4 is 0 Å². The lowest BCUT2D eigenvalue weighted by Crippen LogP contribution is -3.00. The maximum atomic E-state index is 5.87. The van der Waals surface area contributed by atoms with E-state index in [9.17, 15) is 0 Å². The highest BCUT2D eigenvalue weighted by molar-refractivity contribution is 5.88. The lowest BCUT2D eigenvalue weighted by molar-refractivity contribution is -0.596. The van der Waals surface area contributed by atoms with Crippen LogP contribution in [-0.2, 0) is 0 Å². The highest BCUT2D eigenvalue weighted by Crippen LogP contribution is 2.37. The molecule has 2 nitrogen and oxygen atoms in total. The predicted molar refractivity (Wildman–Crippen MR) is 91.6 cm³/mol. The summed E-state index contributed by atoms with van der Waals surface area (Å²) in [5.74, 6) is 0.857. The Morgan fingerprint density at radius 3 is 1.54 bits per heavy atom. The first kappa shape index (κ1) is 16.2. The van der Waals surface area contributed by atoms with Gasteiger partial charge in [0.05, 0.1) is 5.56 Å². The second-order valence-electron chi connectivity index (χ2n) is 5.38. The summed E-state index contributed by atoms with van der Waals surface area (Å²) in [7, 11) is 0. The molecular formula is C21H16BrNO. The van der Waals surface area contributed by atoms with Crippen molar-refractivity contribution < 1.29 is 26.7 Å². The van der Waals surface area contributed by atoms with Gasteiger partial charge in [-0.05, 0) is 22.9 Å². The molecule has 118 valence electrons. The zero-order valence-electron chi connectivity index (χ0n) is 12.9. The molecule has 0 spiro atoms. The number of halogens is 1. The standard InChI is InChI=1S/C21H15NO.BrH/c1-4-10-16(11-5-1)19-20(17-12-6-2-7-13-17)22-23-21(19)18-14-8-3-9-15-18;/h1-15H;1H. The molecule has 0 aliphatic heterocycles. The summed E-state index contributed by atoms with van der Waals surface area (Å²) in [5.41, 5.74) is 5.39. The quantitative estimate of drug-likeness (QED) is 0.537. The van der Waals surface area contributed by atoms with Gasteiger partial charge >= 0.3 is 0 Å². The molecule has 4 rings (SSSR count). The van der Waals surface area contributed by atoms with Crippen LogP contribution in [0, 0.1) is 0 Å². The van der Waals surface area contributed by atoms with Gasteiger partial charge in [0.2, 0.25) is 5.76 Å². The van der Waals surface area contributed by atoms with Gasteiger partial charge in [0.25, 0.3) is 5.69 Å². The van der Waals surface area contributed by atoms with Crippen LogP contribution in [0.25, 0.3) is 33.7 Å². The zero-order chi connectivity index (χ0) is 15.5. The molecule has 0 radical (unpaired) electrons. The Morgan fingerprint density at radius 1 is 0.542 bits per heavy atom. The Labute approximate surface area is 151 Å². The lowest BCUT2D eigenvalue weighted by Gasteiger charge is -2.01. The topological polar surface area (TPSA) is 27.3 Å². The predicted octanol–water partition coefficient (Wildman–Crippen LogP) is 2.10. The maximum Gasteiger partial charge on any atom is 0.267 e. The maximum absolute atomic E-state index is 5.87. The van der Waals surface area contributed by atoms with Crippen LogP contribution in [0.4, 0.5) is 0 Å². The average Bonchev–Trinajstić information content (AvgIpc) is 3.09. The molecule has 0 atom stereocenters. The Kier molecular flexibility index (Phi) is 4.92. The first-order valence-electron chi connectivity index (χ1n) is 7.64. The van der Waals surface area contributed by atoms with Crippen LogP contribution in [0.3, 0.4) is 0 Å². The van der Waals surface area contributed by atoms with Crippen LogP contribution in [0.2, 0.25) is 0 Å². The summed E-state index contributed by atoms with van der Waals surface area (Å²) in [6.45, 7) is 0. The third-order valence-electron chi connectivity index (χ3n) is 3.89. The van der Waals surface area contributed by atoms with Crippen molar-refractivity contribution in [2.24, 2.45) is 0 Å². The van der Waals surface area contributed by atoms with E-state index in [1.807, 2.05) is 54.6 Å². The van der Waals surface area contributed by atoms with E-state index in [2.05, 4.69) is 41.6 Å². The van der Waals surface area contributed by atoms with E-state index >= 15 is 0 Å². The van der Waals surface area contributed by atoms with E-state index in [-0.39, 0.29) is 17.0 Å². The molecular weight excluding hydrogens is 362 g/mol. The minimum Gasteiger partial charge on any atom is -1.00 e. The van der Waals surface area contributed by atoms with Crippen LogP contribution < -0.4 is 22.1 Å². The molecule has 0 aliphatic rings. The Hall–Kier alpha value is -2.65. The average molecular weight is 378 g/mol. The molecule has 0 unspecified atom stereocenters. The van der Waals surface area contributed by atoms with Crippen molar-refractivity contribution in [3.63, 3.8) is 0 Å². The smallest absolute Gasteiger partial charge is 0.267 e. The normalized spacial score (nSPS) is 10.2. The van der Waals surface area contributed by atoms with Crippen LogP contribution >= 0.6 is 0 Å².